The number of methoxy groups -OCH3 is 1. The molecule has 0 bridgehead atoms. The summed E-state index contributed by atoms with van der Waals surface area (Å²) in [6.45, 7) is 9.88. The SMILES string of the molecule is CCN(CC)Cc1cccc(CNC(=O)c2ccc(OC)c(S(=O)(=O)N3CCCCC3C)c2)c1. The molecule has 1 aliphatic heterocycles. The Bertz CT molecular complexity index is 1080. The highest BCUT2D eigenvalue weighted by atomic mass is 32.2. The highest BCUT2D eigenvalue weighted by Gasteiger charge is 2.33. The van der Waals surface area contributed by atoms with Crippen molar-refractivity contribution in [2.45, 2.75) is 64.1 Å². The van der Waals surface area contributed by atoms with Gasteiger partial charge in [0.2, 0.25) is 10.0 Å². The summed E-state index contributed by atoms with van der Waals surface area (Å²) in [4.78, 5) is 15.3. The number of amides is 1. The van der Waals surface area contributed by atoms with Gasteiger partial charge in [0.15, 0.2) is 0 Å². The minimum atomic E-state index is -3.78. The molecule has 186 valence electrons. The fourth-order valence-electron chi connectivity index (χ4n) is 4.40. The highest BCUT2D eigenvalue weighted by Crippen LogP contribution is 2.31. The van der Waals surface area contributed by atoms with Crippen LogP contribution in [0, 0.1) is 0 Å². The zero-order valence-corrected chi connectivity index (χ0v) is 21.5. The van der Waals surface area contributed by atoms with Crippen LogP contribution < -0.4 is 10.1 Å². The first-order valence-corrected chi connectivity index (χ1v) is 13.5. The van der Waals surface area contributed by atoms with Gasteiger partial charge in [-0.05, 0) is 62.2 Å². The van der Waals surface area contributed by atoms with Crippen molar-refractivity contribution in [1.82, 2.24) is 14.5 Å². The molecule has 34 heavy (non-hydrogen) atoms. The van der Waals surface area contributed by atoms with Gasteiger partial charge in [0.25, 0.3) is 5.91 Å². The lowest BCUT2D eigenvalue weighted by Gasteiger charge is -2.32. The number of nitrogens with zero attached hydrogens (tertiary/aromatic N) is 2. The van der Waals surface area contributed by atoms with Crippen molar-refractivity contribution in [3.8, 4) is 5.75 Å². The van der Waals surface area contributed by atoms with Crippen LogP contribution in [0.3, 0.4) is 0 Å². The van der Waals surface area contributed by atoms with E-state index in [2.05, 4.69) is 36.2 Å². The molecule has 8 heteroatoms. The molecule has 2 aromatic carbocycles. The lowest BCUT2D eigenvalue weighted by molar-refractivity contribution is 0.0950. The van der Waals surface area contributed by atoms with Crippen molar-refractivity contribution in [3.63, 3.8) is 0 Å². The second-order valence-electron chi connectivity index (χ2n) is 8.79. The van der Waals surface area contributed by atoms with Crippen LogP contribution in [-0.2, 0) is 23.1 Å². The van der Waals surface area contributed by atoms with E-state index in [1.54, 1.807) is 12.1 Å². The third kappa shape index (κ3) is 6.17. The summed E-state index contributed by atoms with van der Waals surface area (Å²) in [6.07, 6.45) is 2.68. The molecule has 2 aromatic rings. The Labute approximate surface area is 204 Å². The number of carbonyl (C=O) groups excluding carboxylic acids is 1. The van der Waals surface area contributed by atoms with E-state index in [0.29, 0.717) is 18.7 Å². The number of sulfonamides is 1. The van der Waals surface area contributed by atoms with E-state index in [9.17, 15) is 13.2 Å². The summed E-state index contributed by atoms with van der Waals surface area (Å²) in [6, 6.07) is 12.7. The molecule has 1 fully saturated rings. The molecule has 1 amide bonds. The summed E-state index contributed by atoms with van der Waals surface area (Å²) in [5, 5.41) is 2.93. The number of carbonyl (C=O) groups is 1. The van der Waals surface area contributed by atoms with Crippen molar-refractivity contribution in [2.75, 3.05) is 26.7 Å². The molecule has 1 aliphatic rings. The number of hydrogen-bond acceptors (Lipinski definition) is 5. The standard InChI is InChI=1S/C26H37N3O4S/c1-5-28(6-2)19-22-12-9-11-21(16-22)18-27-26(30)23-13-14-24(33-4)25(17-23)34(31,32)29-15-8-7-10-20(29)3/h9,11-14,16-17,20H,5-8,10,15,18-19H2,1-4H3,(H,27,30). The van der Waals surface area contributed by atoms with Gasteiger partial charge in [-0.15, -0.1) is 0 Å². The molecule has 3 rings (SSSR count). The maximum atomic E-state index is 13.4. The normalized spacial score (nSPS) is 17.0. The first kappa shape index (κ1) is 26.2. The molecule has 0 saturated carbocycles. The van der Waals surface area contributed by atoms with E-state index in [0.717, 1.165) is 44.5 Å². The lowest BCUT2D eigenvalue weighted by Crippen LogP contribution is -2.42. The number of piperidine rings is 1. The second-order valence-corrected chi connectivity index (χ2v) is 10.6. The van der Waals surface area contributed by atoms with E-state index in [4.69, 9.17) is 4.74 Å². The first-order valence-electron chi connectivity index (χ1n) is 12.1. The first-order chi connectivity index (χ1) is 16.3. The van der Waals surface area contributed by atoms with Crippen molar-refractivity contribution in [3.05, 3.63) is 59.2 Å². The van der Waals surface area contributed by atoms with Crippen LogP contribution in [0.2, 0.25) is 0 Å². The quantitative estimate of drug-likeness (QED) is 0.547. The van der Waals surface area contributed by atoms with E-state index >= 15 is 0 Å². The summed E-state index contributed by atoms with van der Waals surface area (Å²) in [5.41, 5.74) is 2.49. The van der Waals surface area contributed by atoms with Crippen molar-refractivity contribution >= 4 is 15.9 Å². The predicted molar refractivity (Wildman–Crippen MR) is 134 cm³/mol. The van der Waals surface area contributed by atoms with Crippen molar-refractivity contribution < 1.29 is 17.9 Å². The number of hydrogen-bond donors (Lipinski definition) is 1. The van der Waals surface area contributed by atoms with Crippen LogP contribution in [0.4, 0.5) is 0 Å². The lowest BCUT2D eigenvalue weighted by atomic mass is 10.1. The Morgan fingerprint density at radius 3 is 2.53 bits per heavy atom. The molecule has 0 spiro atoms. The Morgan fingerprint density at radius 1 is 1.12 bits per heavy atom. The van der Waals surface area contributed by atoms with Gasteiger partial charge in [-0.25, -0.2) is 8.42 Å². The van der Waals surface area contributed by atoms with E-state index in [-0.39, 0.29) is 22.6 Å². The van der Waals surface area contributed by atoms with Gasteiger partial charge in [-0.2, -0.15) is 4.31 Å². The number of rotatable bonds is 10. The van der Waals surface area contributed by atoms with Crippen LogP contribution in [0.5, 0.6) is 5.75 Å². The van der Waals surface area contributed by atoms with Gasteiger partial charge in [0.05, 0.1) is 7.11 Å². The highest BCUT2D eigenvalue weighted by molar-refractivity contribution is 7.89. The molecule has 1 N–H and O–H groups in total. The molecule has 1 atom stereocenters. The molecule has 0 aromatic heterocycles. The maximum absolute atomic E-state index is 13.4. The van der Waals surface area contributed by atoms with Crippen LogP contribution in [0.1, 0.15) is 61.5 Å². The Hall–Kier alpha value is -2.42. The molecule has 1 unspecified atom stereocenters. The van der Waals surface area contributed by atoms with Gasteiger partial charge in [-0.3, -0.25) is 9.69 Å². The molecule has 0 radical (unpaired) electrons. The third-order valence-electron chi connectivity index (χ3n) is 6.50. The Morgan fingerprint density at radius 2 is 1.85 bits per heavy atom. The van der Waals surface area contributed by atoms with Gasteiger partial charge in [-0.1, -0.05) is 44.5 Å². The fraction of sp³-hybridized carbons (Fsp3) is 0.500. The number of benzene rings is 2. The summed E-state index contributed by atoms with van der Waals surface area (Å²) >= 11 is 0. The summed E-state index contributed by atoms with van der Waals surface area (Å²) in [7, 11) is -2.33. The van der Waals surface area contributed by atoms with Crippen LogP contribution >= 0.6 is 0 Å². The van der Waals surface area contributed by atoms with Gasteiger partial charge in [0.1, 0.15) is 10.6 Å². The average Bonchev–Trinajstić information content (AvgIpc) is 2.85. The van der Waals surface area contributed by atoms with Gasteiger partial charge < -0.3 is 10.1 Å². The molecule has 0 aliphatic carbocycles. The van der Waals surface area contributed by atoms with E-state index in [1.807, 2.05) is 19.1 Å². The van der Waals surface area contributed by atoms with Crippen molar-refractivity contribution in [1.29, 1.82) is 0 Å². The molecule has 7 nitrogen and oxygen atoms in total. The van der Waals surface area contributed by atoms with E-state index in [1.165, 1.54) is 23.0 Å². The fourth-order valence-corrected chi connectivity index (χ4v) is 6.29. The topological polar surface area (TPSA) is 79.0 Å². The number of nitrogens with one attached hydrogen (secondary N) is 1. The summed E-state index contributed by atoms with van der Waals surface area (Å²) < 4.78 is 33.7. The molecule has 1 saturated heterocycles. The zero-order chi connectivity index (χ0) is 24.7. The largest absolute Gasteiger partial charge is 0.495 e. The molecular weight excluding hydrogens is 450 g/mol. The smallest absolute Gasteiger partial charge is 0.251 e. The third-order valence-corrected chi connectivity index (χ3v) is 8.53. The van der Waals surface area contributed by atoms with Crippen LogP contribution in [0.15, 0.2) is 47.4 Å². The van der Waals surface area contributed by atoms with Gasteiger partial charge in [0, 0.05) is 31.2 Å². The minimum Gasteiger partial charge on any atom is -0.495 e. The molecule has 1 heterocycles. The minimum absolute atomic E-state index is 0.0395. The average molecular weight is 488 g/mol. The van der Waals surface area contributed by atoms with Crippen LogP contribution in [-0.4, -0.2) is 56.3 Å². The monoisotopic (exact) mass is 487 g/mol. The van der Waals surface area contributed by atoms with Crippen LogP contribution in [0.25, 0.3) is 0 Å². The van der Waals surface area contributed by atoms with E-state index < -0.39 is 10.0 Å². The summed E-state index contributed by atoms with van der Waals surface area (Å²) in [5.74, 6) is -0.0710. The van der Waals surface area contributed by atoms with Gasteiger partial charge >= 0.3 is 0 Å². The zero-order valence-electron chi connectivity index (χ0n) is 20.7. The Kier molecular flexibility index (Phi) is 9.10. The Balaban J connectivity index is 1.76. The number of ether oxygens (including phenoxy) is 1. The maximum Gasteiger partial charge on any atom is 0.251 e. The predicted octanol–water partition coefficient (Wildman–Crippen LogP) is 4.03. The molecular formula is C26H37N3O4S. The van der Waals surface area contributed by atoms with Crippen molar-refractivity contribution in [2.24, 2.45) is 0 Å². The second kappa shape index (κ2) is 11.8.